The first-order valence-corrected chi connectivity index (χ1v) is 8.96. The molecule has 134 valence electrons. The van der Waals surface area contributed by atoms with Crippen molar-refractivity contribution in [2.45, 2.75) is 38.2 Å². The van der Waals surface area contributed by atoms with E-state index in [2.05, 4.69) is 9.97 Å². The van der Waals surface area contributed by atoms with Crippen molar-refractivity contribution in [1.29, 1.82) is 0 Å². The molecule has 6 nitrogen and oxygen atoms in total. The Kier molecular flexibility index (Phi) is 4.18. The summed E-state index contributed by atoms with van der Waals surface area (Å²) in [5.41, 5.74) is 0.647. The van der Waals surface area contributed by atoms with Gasteiger partial charge in [0.1, 0.15) is 17.2 Å². The number of nitrogens with zero attached hydrogens (tertiary/aromatic N) is 3. The van der Waals surface area contributed by atoms with Crippen LogP contribution in [0.25, 0.3) is 0 Å². The van der Waals surface area contributed by atoms with Crippen LogP contribution < -0.4 is 4.74 Å². The van der Waals surface area contributed by atoms with E-state index in [1.807, 2.05) is 29.2 Å². The molecule has 1 saturated heterocycles. The molecule has 1 unspecified atom stereocenters. The van der Waals surface area contributed by atoms with Crippen molar-refractivity contribution in [2.75, 3.05) is 13.1 Å². The van der Waals surface area contributed by atoms with Gasteiger partial charge in [-0.05, 0) is 31.9 Å². The molecule has 1 aromatic carbocycles. The number of carbonyl (C=O) groups excluding carboxylic acids is 2. The molecule has 1 spiro atoms. The summed E-state index contributed by atoms with van der Waals surface area (Å²) in [6.07, 6.45) is 5.73. The van der Waals surface area contributed by atoms with E-state index in [1.165, 1.54) is 0 Å². The van der Waals surface area contributed by atoms with Crippen molar-refractivity contribution in [3.05, 3.63) is 53.6 Å². The van der Waals surface area contributed by atoms with Gasteiger partial charge in [-0.15, -0.1) is 0 Å². The fourth-order valence-corrected chi connectivity index (χ4v) is 3.78. The maximum absolute atomic E-state index is 12.7. The Hall–Kier alpha value is -2.76. The average molecular weight is 351 g/mol. The van der Waals surface area contributed by atoms with Crippen LogP contribution >= 0.6 is 0 Å². The van der Waals surface area contributed by atoms with Gasteiger partial charge in [-0.3, -0.25) is 9.59 Å². The largest absolute Gasteiger partial charge is 0.486 e. The standard InChI is InChI=1S/C20H21N3O3/c1-14-21-12-15(13-22-14)19(25)23-9-4-7-20(8-10-23)11-17(24)16-5-2-3-6-18(16)26-20/h2-3,5-6,12-13H,4,7-11H2,1H3. The first-order valence-electron chi connectivity index (χ1n) is 8.96. The van der Waals surface area contributed by atoms with Crippen molar-refractivity contribution in [3.8, 4) is 5.75 Å². The predicted octanol–water partition coefficient (Wildman–Crippen LogP) is 2.82. The van der Waals surface area contributed by atoms with Crippen LogP contribution in [0.4, 0.5) is 0 Å². The van der Waals surface area contributed by atoms with Crippen molar-refractivity contribution < 1.29 is 14.3 Å². The normalized spacial score (nSPS) is 22.5. The lowest BCUT2D eigenvalue weighted by molar-refractivity contribution is 0.0300. The lowest BCUT2D eigenvalue weighted by Crippen LogP contribution is -2.43. The quantitative estimate of drug-likeness (QED) is 0.790. The number of likely N-dealkylation sites (tertiary alicyclic amines) is 1. The van der Waals surface area contributed by atoms with E-state index in [1.54, 1.807) is 19.3 Å². The van der Waals surface area contributed by atoms with Crippen LogP contribution in [0.1, 0.15) is 52.2 Å². The number of hydrogen-bond donors (Lipinski definition) is 0. The Morgan fingerprint density at radius 1 is 1.15 bits per heavy atom. The van der Waals surface area contributed by atoms with Gasteiger partial charge < -0.3 is 9.64 Å². The first-order chi connectivity index (χ1) is 12.6. The lowest BCUT2D eigenvalue weighted by Gasteiger charge is -2.37. The second-order valence-corrected chi connectivity index (χ2v) is 7.05. The molecule has 1 fully saturated rings. The highest BCUT2D eigenvalue weighted by atomic mass is 16.5. The molecule has 1 aromatic heterocycles. The number of benzene rings is 1. The van der Waals surface area contributed by atoms with Crippen LogP contribution in [-0.2, 0) is 0 Å². The van der Waals surface area contributed by atoms with Gasteiger partial charge >= 0.3 is 0 Å². The van der Waals surface area contributed by atoms with E-state index in [0.717, 1.165) is 12.8 Å². The number of aromatic nitrogens is 2. The maximum Gasteiger partial charge on any atom is 0.256 e. The minimum Gasteiger partial charge on any atom is -0.486 e. The third-order valence-electron chi connectivity index (χ3n) is 5.21. The smallest absolute Gasteiger partial charge is 0.256 e. The predicted molar refractivity (Wildman–Crippen MR) is 95.3 cm³/mol. The lowest BCUT2D eigenvalue weighted by atomic mass is 9.84. The third kappa shape index (κ3) is 3.07. The number of para-hydroxylation sites is 1. The van der Waals surface area contributed by atoms with Gasteiger partial charge in [-0.2, -0.15) is 0 Å². The van der Waals surface area contributed by atoms with Crippen LogP contribution in [0.15, 0.2) is 36.7 Å². The number of carbonyl (C=O) groups is 2. The molecule has 26 heavy (non-hydrogen) atoms. The summed E-state index contributed by atoms with van der Waals surface area (Å²) in [4.78, 5) is 35.3. The molecule has 4 rings (SSSR count). The molecule has 2 aromatic rings. The molecule has 3 heterocycles. The third-order valence-corrected chi connectivity index (χ3v) is 5.21. The van der Waals surface area contributed by atoms with Crippen molar-refractivity contribution in [2.24, 2.45) is 0 Å². The zero-order valence-corrected chi connectivity index (χ0v) is 14.8. The molecular formula is C20H21N3O3. The van der Waals surface area contributed by atoms with Crippen molar-refractivity contribution in [3.63, 3.8) is 0 Å². The Bertz CT molecular complexity index is 850. The van der Waals surface area contributed by atoms with E-state index >= 15 is 0 Å². The fraction of sp³-hybridized carbons (Fsp3) is 0.400. The Labute approximate surface area is 152 Å². The molecule has 0 aliphatic carbocycles. The number of amides is 1. The van der Waals surface area contributed by atoms with Crippen LogP contribution in [-0.4, -0.2) is 45.2 Å². The van der Waals surface area contributed by atoms with Crippen molar-refractivity contribution >= 4 is 11.7 Å². The van der Waals surface area contributed by atoms with E-state index in [9.17, 15) is 9.59 Å². The zero-order valence-electron chi connectivity index (χ0n) is 14.8. The van der Waals surface area contributed by atoms with Crippen LogP contribution in [0.3, 0.4) is 0 Å². The van der Waals surface area contributed by atoms with Crippen LogP contribution in [0.5, 0.6) is 5.75 Å². The molecule has 2 aliphatic rings. The average Bonchev–Trinajstić information content (AvgIpc) is 2.84. The SMILES string of the molecule is Cc1ncc(C(=O)N2CCCC3(CC2)CC(=O)c2ccccc2O3)cn1. The van der Waals surface area contributed by atoms with E-state index in [-0.39, 0.29) is 11.7 Å². The minimum absolute atomic E-state index is 0.0652. The van der Waals surface area contributed by atoms with Gasteiger partial charge in [0.25, 0.3) is 5.91 Å². The van der Waals surface area contributed by atoms with E-state index in [4.69, 9.17) is 4.74 Å². The molecular weight excluding hydrogens is 330 g/mol. The highest BCUT2D eigenvalue weighted by Gasteiger charge is 2.42. The summed E-state index contributed by atoms with van der Waals surface area (Å²) < 4.78 is 6.28. The molecule has 2 aliphatic heterocycles. The number of fused-ring (bicyclic) bond motifs is 1. The Morgan fingerprint density at radius 2 is 1.92 bits per heavy atom. The Balaban J connectivity index is 1.51. The summed E-state index contributed by atoms with van der Waals surface area (Å²) in [5, 5.41) is 0. The van der Waals surface area contributed by atoms with E-state index < -0.39 is 5.60 Å². The van der Waals surface area contributed by atoms with Gasteiger partial charge in [-0.25, -0.2) is 9.97 Å². The molecule has 0 bridgehead atoms. The summed E-state index contributed by atoms with van der Waals surface area (Å²) >= 11 is 0. The summed E-state index contributed by atoms with van der Waals surface area (Å²) in [7, 11) is 0. The van der Waals surface area contributed by atoms with Gasteiger partial charge in [0.2, 0.25) is 0 Å². The first kappa shape index (κ1) is 16.7. The minimum atomic E-state index is -0.510. The topological polar surface area (TPSA) is 72.4 Å². The van der Waals surface area contributed by atoms with Gasteiger partial charge in [0.15, 0.2) is 5.78 Å². The zero-order chi connectivity index (χ0) is 18.1. The molecule has 1 amide bonds. The number of Topliss-reactive ketones (excluding diaryl/α,β-unsaturated/α-hetero) is 1. The second kappa shape index (κ2) is 6.52. The number of ketones is 1. The fourth-order valence-electron chi connectivity index (χ4n) is 3.78. The number of aryl methyl sites for hydroxylation is 1. The molecule has 0 N–H and O–H groups in total. The van der Waals surface area contributed by atoms with Crippen molar-refractivity contribution in [1.82, 2.24) is 14.9 Å². The van der Waals surface area contributed by atoms with E-state index in [0.29, 0.717) is 48.6 Å². The summed E-state index contributed by atoms with van der Waals surface area (Å²) in [5.74, 6) is 1.36. The molecule has 0 saturated carbocycles. The highest BCUT2D eigenvalue weighted by molar-refractivity contribution is 6.00. The van der Waals surface area contributed by atoms with Gasteiger partial charge in [0, 0.05) is 31.9 Å². The number of ether oxygens (including phenoxy) is 1. The van der Waals surface area contributed by atoms with Crippen LogP contribution in [0.2, 0.25) is 0 Å². The molecule has 1 atom stereocenters. The van der Waals surface area contributed by atoms with Crippen LogP contribution in [0, 0.1) is 6.92 Å². The second-order valence-electron chi connectivity index (χ2n) is 7.05. The monoisotopic (exact) mass is 351 g/mol. The maximum atomic E-state index is 12.7. The summed E-state index contributed by atoms with van der Waals surface area (Å²) in [6, 6.07) is 7.41. The molecule has 6 heteroatoms. The number of rotatable bonds is 1. The highest BCUT2D eigenvalue weighted by Crippen LogP contribution is 2.39. The molecule has 0 radical (unpaired) electrons. The Morgan fingerprint density at radius 3 is 2.73 bits per heavy atom. The van der Waals surface area contributed by atoms with Gasteiger partial charge in [-0.1, -0.05) is 12.1 Å². The summed E-state index contributed by atoms with van der Waals surface area (Å²) in [6.45, 7) is 3.00. The number of hydrogen-bond acceptors (Lipinski definition) is 5. The van der Waals surface area contributed by atoms with Gasteiger partial charge in [0.05, 0.1) is 17.5 Å².